The predicted molar refractivity (Wildman–Crippen MR) is 103 cm³/mol. The molecule has 1 saturated carbocycles. The summed E-state index contributed by atoms with van der Waals surface area (Å²) >= 11 is 6.02. The first-order chi connectivity index (χ1) is 11.2. The summed E-state index contributed by atoms with van der Waals surface area (Å²) in [5.74, 6) is 0.591. The molecule has 126 valence electrons. The van der Waals surface area contributed by atoms with Gasteiger partial charge in [0.2, 0.25) is 0 Å². The van der Waals surface area contributed by atoms with E-state index in [2.05, 4.69) is 33.9 Å². The number of benzene rings is 1. The molecule has 1 aromatic carbocycles. The van der Waals surface area contributed by atoms with Gasteiger partial charge < -0.3 is 10.3 Å². The molecule has 2 heterocycles. The first-order valence-electron chi connectivity index (χ1n) is 8.19. The minimum Gasteiger partial charge on any atom is -0.328 e. The Morgan fingerprint density at radius 2 is 1.75 bits per heavy atom. The van der Waals surface area contributed by atoms with E-state index in [0.717, 1.165) is 29.1 Å². The Morgan fingerprint density at radius 1 is 1.04 bits per heavy atom. The summed E-state index contributed by atoms with van der Waals surface area (Å²) in [5, 5.41) is 2.06. The van der Waals surface area contributed by atoms with E-state index in [4.69, 9.17) is 17.3 Å². The molecule has 0 unspecified atom stereocenters. The van der Waals surface area contributed by atoms with Gasteiger partial charge in [-0.3, -0.25) is 4.98 Å². The lowest BCUT2D eigenvalue weighted by Crippen LogP contribution is -2.25. The maximum atomic E-state index is 6.07. The molecular formula is C19H21Cl2N3. The minimum atomic E-state index is 0. The van der Waals surface area contributed by atoms with Gasteiger partial charge in [-0.25, -0.2) is 0 Å². The molecular weight excluding hydrogens is 341 g/mol. The molecule has 1 fully saturated rings. The van der Waals surface area contributed by atoms with Crippen LogP contribution < -0.4 is 5.73 Å². The van der Waals surface area contributed by atoms with Crippen molar-refractivity contribution in [1.82, 2.24) is 9.55 Å². The molecule has 0 radical (unpaired) electrons. The summed E-state index contributed by atoms with van der Waals surface area (Å²) in [6.07, 6.45) is 10.7. The molecule has 0 atom stereocenters. The smallest absolute Gasteiger partial charge is 0.0715 e. The molecule has 24 heavy (non-hydrogen) atoms. The fourth-order valence-corrected chi connectivity index (χ4v) is 3.80. The van der Waals surface area contributed by atoms with Crippen molar-refractivity contribution in [1.29, 1.82) is 0 Å². The van der Waals surface area contributed by atoms with Crippen LogP contribution in [-0.2, 0) is 0 Å². The Bertz CT molecular complexity index is 818. The molecule has 2 N–H and O–H groups in total. The van der Waals surface area contributed by atoms with Crippen LogP contribution in [0.5, 0.6) is 0 Å². The van der Waals surface area contributed by atoms with Crippen molar-refractivity contribution in [3.8, 4) is 5.69 Å². The number of fused-ring (bicyclic) bond motifs is 1. The second-order valence-corrected chi connectivity index (χ2v) is 6.87. The molecule has 0 bridgehead atoms. The highest BCUT2D eigenvalue weighted by atomic mass is 35.5. The number of aromatic nitrogens is 2. The summed E-state index contributed by atoms with van der Waals surface area (Å²) in [6.45, 7) is 0. The van der Waals surface area contributed by atoms with E-state index in [1.165, 1.54) is 23.8 Å². The van der Waals surface area contributed by atoms with Gasteiger partial charge in [0.1, 0.15) is 0 Å². The first kappa shape index (κ1) is 17.3. The van der Waals surface area contributed by atoms with Crippen LogP contribution in [0.3, 0.4) is 0 Å². The Kier molecular flexibility index (Phi) is 5.14. The first-order valence-corrected chi connectivity index (χ1v) is 8.56. The number of pyridine rings is 1. The van der Waals surface area contributed by atoms with Crippen LogP contribution in [0.2, 0.25) is 5.02 Å². The van der Waals surface area contributed by atoms with Gasteiger partial charge >= 0.3 is 0 Å². The zero-order valence-corrected chi connectivity index (χ0v) is 14.9. The molecule has 1 aliphatic rings. The molecule has 1 aliphatic carbocycles. The molecule has 2 aromatic heterocycles. The van der Waals surface area contributed by atoms with Gasteiger partial charge in [-0.1, -0.05) is 11.6 Å². The predicted octanol–water partition coefficient (Wildman–Crippen LogP) is 5.09. The van der Waals surface area contributed by atoms with Crippen LogP contribution in [0.1, 0.15) is 37.2 Å². The van der Waals surface area contributed by atoms with Gasteiger partial charge in [-0.15, -0.1) is 12.4 Å². The maximum Gasteiger partial charge on any atom is 0.0715 e. The zero-order chi connectivity index (χ0) is 15.8. The largest absolute Gasteiger partial charge is 0.328 e. The second-order valence-electron chi connectivity index (χ2n) is 6.44. The Labute approximate surface area is 153 Å². The Balaban J connectivity index is 0.00000169. The van der Waals surface area contributed by atoms with Gasteiger partial charge in [0.05, 0.1) is 11.7 Å². The topological polar surface area (TPSA) is 43.8 Å². The summed E-state index contributed by atoms with van der Waals surface area (Å²) in [5.41, 5.74) is 9.76. The number of nitrogens with two attached hydrogens (primary N) is 1. The lowest BCUT2D eigenvalue weighted by Gasteiger charge is -2.25. The summed E-state index contributed by atoms with van der Waals surface area (Å²) < 4.78 is 2.22. The third-order valence-corrected chi connectivity index (χ3v) is 5.21. The van der Waals surface area contributed by atoms with E-state index in [-0.39, 0.29) is 12.4 Å². The SMILES string of the molecule is Cl.NC1CCC(c2cn(-c3ccc(Cl)cc3)c3cnccc23)CC1. The number of hydrogen-bond acceptors (Lipinski definition) is 2. The lowest BCUT2D eigenvalue weighted by atomic mass is 9.82. The molecule has 0 saturated heterocycles. The molecule has 0 spiro atoms. The molecule has 3 aromatic rings. The molecule has 0 amide bonds. The number of rotatable bonds is 2. The average molecular weight is 362 g/mol. The van der Waals surface area contributed by atoms with E-state index in [9.17, 15) is 0 Å². The molecule has 3 nitrogen and oxygen atoms in total. The van der Waals surface area contributed by atoms with Gasteiger partial charge in [0.15, 0.2) is 0 Å². The lowest BCUT2D eigenvalue weighted by molar-refractivity contribution is 0.397. The van der Waals surface area contributed by atoms with Crippen LogP contribution in [0.25, 0.3) is 16.6 Å². The highest BCUT2D eigenvalue weighted by molar-refractivity contribution is 6.30. The van der Waals surface area contributed by atoms with Gasteiger partial charge in [0.25, 0.3) is 0 Å². The second kappa shape index (κ2) is 7.14. The van der Waals surface area contributed by atoms with Gasteiger partial charge in [-0.2, -0.15) is 0 Å². The van der Waals surface area contributed by atoms with Crippen molar-refractivity contribution < 1.29 is 0 Å². The fraction of sp³-hybridized carbons (Fsp3) is 0.316. The van der Waals surface area contributed by atoms with Crippen LogP contribution in [0.15, 0.2) is 48.9 Å². The minimum absolute atomic E-state index is 0. The zero-order valence-electron chi connectivity index (χ0n) is 13.4. The van der Waals surface area contributed by atoms with E-state index in [1.807, 2.05) is 24.5 Å². The van der Waals surface area contributed by atoms with Crippen molar-refractivity contribution in [2.24, 2.45) is 5.73 Å². The molecule has 5 heteroatoms. The maximum absolute atomic E-state index is 6.07. The molecule has 4 rings (SSSR count). The summed E-state index contributed by atoms with van der Waals surface area (Å²) in [7, 11) is 0. The van der Waals surface area contributed by atoms with E-state index < -0.39 is 0 Å². The Hall–Kier alpha value is -1.55. The van der Waals surface area contributed by atoms with Crippen LogP contribution in [-0.4, -0.2) is 15.6 Å². The van der Waals surface area contributed by atoms with Gasteiger partial charge in [-0.05, 0) is 67.5 Å². The van der Waals surface area contributed by atoms with Crippen LogP contribution >= 0.6 is 24.0 Å². The van der Waals surface area contributed by atoms with E-state index in [0.29, 0.717) is 12.0 Å². The fourth-order valence-electron chi connectivity index (χ4n) is 3.67. The Morgan fingerprint density at radius 3 is 2.46 bits per heavy atom. The quantitative estimate of drug-likeness (QED) is 0.690. The van der Waals surface area contributed by atoms with Crippen molar-refractivity contribution >= 4 is 34.9 Å². The van der Waals surface area contributed by atoms with Crippen molar-refractivity contribution in [2.45, 2.75) is 37.6 Å². The van der Waals surface area contributed by atoms with Crippen molar-refractivity contribution in [2.75, 3.05) is 0 Å². The summed E-state index contributed by atoms with van der Waals surface area (Å²) in [6, 6.07) is 10.5. The molecule has 0 aliphatic heterocycles. The number of halogens is 2. The van der Waals surface area contributed by atoms with E-state index >= 15 is 0 Å². The highest BCUT2D eigenvalue weighted by Crippen LogP contribution is 2.37. The normalized spacial score (nSPS) is 20.8. The van der Waals surface area contributed by atoms with Crippen LogP contribution in [0, 0.1) is 0 Å². The highest BCUT2D eigenvalue weighted by Gasteiger charge is 2.23. The van der Waals surface area contributed by atoms with Crippen molar-refractivity contribution in [3.63, 3.8) is 0 Å². The third kappa shape index (κ3) is 3.16. The average Bonchev–Trinajstić information content (AvgIpc) is 2.96. The number of nitrogens with zero attached hydrogens (tertiary/aromatic N) is 2. The monoisotopic (exact) mass is 361 g/mol. The van der Waals surface area contributed by atoms with Crippen LogP contribution in [0.4, 0.5) is 0 Å². The van der Waals surface area contributed by atoms with Gasteiger partial charge in [0, 0.05) is 34.5 Å². The number of hydrogen-bond donors (Lipinski definition) is 1. The standard InChI is InChI=1S/C19H20ClN3.ClH/c20-14-3-7-16(8-4-14)23-12-18(13-1-5-15(21)6-2-13)17-9-10-22-11-19(17)23;/h3-4,7-13,15H,1-2,5-6,21H2;1H. The van der Waals surface area contributed by atoms with E-state index in [1.54, 1.807) is 0 Å². The summed E-state index contributed by atoms with van der Waals surface area (Å²) in [4.78, 5) is 4.32. The van der Waals surface area contributed by atoms with Crippen molar-refractivity contribution in [3.05, 3.63) is 59.5 Å². The third-order valence-electron chi connectivity index (χ3n) is 4.96.